The van der Waals surface area contributed by atoms with Gasteiger partial charge in [-0.3, -0.25) is 0 Å². The Morgan fingerprint density at radius 1 is 0.760 bits per heavy atom. The van der Waals surface area contributed by atoms with Gasteiger partial charge in [-0.25, -0.2) is 0 Å². The number of hydrogen-bond acceptors (Lipinski definition) is 10. The fourth-order valence-corrected chi connectivity index (χ4v) is 3.16. The first-order valence-corrected chi connectivity index (χ1v) is 8.31. The van der Waals surface area contributed by atoms with Gasteiger partial charge in [0.05, 0.1) is 19.3 Å². The zero-order valence-electron chi connectivity index (χ0n) is 14.1. The average Bonchev–Trinajstić information content (AvgIpc) is 2.58. The van der Waals surface area contributed by atoms with Crippen LogP contribution in [0.2, 0.25) is 0 Å². The van der Waals surface area contributed by atoms with Gasteiger partial charge < -0.3 is 50.0 Å². The van der Waals surface area contributed by atoms with E-state index in [9.17, 15) is 35.7 Å². The van der Waals surface area contributed by atoms with Crippen LogP contribution in [-0.4, -0.2) is 110 Å². The number of rotatable bonds is 5. The molecule has 0 bridgehead atoms. The lowest BCUT2D eigenvalue weighted by molar-refractivity contribution is -0.343. The van der Waals surface area contributed by atoms with E-state index in [-0.39, 0.29) is 5.92 Å². The Morgan fingerprint density at radius 2 is 1.32 bits per heavy atom. The maximum atomic E-state index is 10.5. The fourth-order valence-electron chi connectivity index (χ4n) is 3.16. The number of hydrogen-bond donors (Lipinski definition) is 7. The minimum atomic E-state index is -1.66. The van der Waals surface area contributed by atoms with E-state index in [1.165, 1.54) is 0 Å². The number of aliphatic hydroxyl groups excluding tert-OH is 7. The molecule has 10 atom stereocenters. The smallest absolute Gasteiger partial charge is 0.187 e. The van der Waals surface area contributed by atoms with Crippen molar-refractivity contribution in [3.05, 3.63) is 0 Å². The molecule has 2 rings (SSSR count). The highest BCUT2D eigenvalue weighted by Crippen LogP contribution is 2.31. The molecule has 0 amide bonds. The molecule has 0 saturated carbocycles. The van der Waals surface area contributed by atoms with Gasteiger partial charge in [-0.15, -0.1) is 0 Å². The second-order valence-electron chi connectivity index (χ2n) is 6.84. The number of ether oxygens (including phenoxy) is 3. The lowest BCUT2D eigenvalue weighted by Crippen LogP contribution is -2.65. The van der Waals surface area contributed by atoms with Crippen LogP contribution in [0.15, 0.2) is 0 Å². The first kappa shape index (κ1) is 20.9. The second-order valence-corrected chi connectivity index (χ2v) is 6.84. The van der Waals surface area contributed by atoms with Crippen molar-refractivity contribution in [3.63, 3.8) is 0 Å². The van der Waals surface area contributed by atoms with E-state index in [2.05, 4.69) is 0 Å². The Labute approximate surface area is 145 Å². The number of aliphatic hydroxyl groups is 7. The van der Waals surface area contributed by atoms with Crippen LogP contribution in [0.3, 0.4) is 0 Å². The van der Waals surface area contributed by atoms with Gasteiger partial charge in [0.2, 0.25) is 0 Å². The maximum absolute atomic E-state index is 10.5. The van der Waals surface area contributed by atoms with Crippen molar-refractivity contribution >= 4 is 0 Å². The minimum absolute atomic E-state index is 0.155. The van der Waals surface area contributed by atoms with E-state index in [1.54, 1.807) is 13.8 Å². The molecule has 0 aromatic rings. The molecule has 148 valence electrons. The SMILES string of the molecule is CC(C)[C@@H]1OC(CO)[C@H](O)[C@H](O[C@@H]2OC(CO)[C@H](O)[C@H](O)C2O)C1O. The van der Waals surface area contributed by atoms with E-state index >= 15 is 0 Å². The van der Waals surface area contributed by atoms with E-state index in [1.807, 2.05) is 0 Å². The van der Waals surface area contributed by atoms with Gasteiger partial charge in [0.1, 0.15) is 48.8 Å². The molecule has 7 N–H and O–H groups in total. The second kappa shape index (κ2) is 8.53. The monoisotopic (exact) mass is 368 g/mol. The molecule has 0 spiro atoms. The molecule has 2 aliphatic rings. The topological polar surface area (TPSA) is 169 Å². The van der Waals surface area contributed by atoms with Crippen LogP contribution in [0.4, 0.5) is 0 Å². The van der Waals surface area contributed by atoms with Crippen LogP contribution in [-0.2, 0) is 14.2 Å². The minimum Gasteiger partial charge on any atom is -0.394 e. The summed E-state index contributed by atoms with van der Waals surface area (Å²) in [5, 5.41) is 68.9. The van der Waals surface area contributed by atoms with Gasteiger partial charge in [-0.05, 0) is 5.92 Å². The van der Waals surface area contributed by atoms with Crippen molar-refractivity contribution in [2.75, 3.05) is 13.2 Å². The third kappa shape index (κ3) is 4.14. The summed E-state index contributed by atoms with van der Waals surface area (Å²) in [6.45, 7) is 2.43. The van der Waals surface area contributed by atoms with Crippen molar-refractivity contribution in [2.24, 2.45) is 5.92 Å². The van der Waals surface area contributed by atoms with Crippen LogP contribution in [0, 0.1) is 5.92 Å². The maximum Gasteiger partial charge on any atom is 0.187 e. The largest absolute Gasteiger partial charge is 0.394 e. The average molecular weight is 368 g/mol. The van der Waals surface area contributed by atoms with Crippen molar-refractivity contribution < 1.29 is 50.0 Å². The summed E-state index contributed by atoms with van der Waals surface area (Å²) in [4.78, 5) is 0. The highest BCUT2D eigenvalue weighted by molar-refractivity contribution is 4.96. The summed E-state index contributed by atoms with van der Waals surface area (Å²) in [5.41, 5.74) is 0. The van der Waals surface area contributed by atoms with Gasteiger partial charge in [0.15, 0.2) is 6.29 Å². The zero-order chi connectivity index (χ0) is 18.9. The molecule has 0 radical (unpaired) electrons. The van der Waals surface area contributed by atoms with Crippen molar-refractivity contribution in [3.8, 4) is 0 Å². The molecular formula is C15H28O10. The van der Waals surface area contributed by atoms with Crippen LogP contribution < -0.4 is 0 Å². The molecular weight excluding hydrogens is 340 g/mol. The Hall–Kier alpha value is -0.400. The Kier molecular flexibility index (Phi) is 7.13. The summed E-state index contributed by atoms with van der Waals surface area (Å²) in [7, 11) is 0. The molecule has 2 saturated heterocycles. The lowest BCUT2D eigenvalue weighted by Gasteiger charge is -2.47. The Bertz CT molecular complexity index is 419. The highest BCUT2D eigenvalue weighted by Gasteiger charge is 2.50. The Morgan fingerprint density at radius 3 is 1.84 bits per heavy atom. The van der Waals surface area contributed by atoms with Crippen LogP contribution in [0.1, 0.15) is 13.8 Å². The van der Waals surface area contributed by atoms with Crippen LogP contribution >= 0.6 is 0 Å². The quantitative estimate of drug-likeness (QED) is 0.256. The van der Waals surface area contributed by atoms with Gasteiger partial charge in [0.25, 0.3) is 0 Å². The summed E-state index contributed by atoms with van der Waals surface area (Å²) in [5.74, 6) is -0.155. The summed E-state index contributed by atoms with van der Waals surface area (Å²) < 4.78 is 16.2. The van der Waals surface area contributed by atoms with E-state index in [0.29, 0.717) is 0 Å². The molecule has 2 heterocycles. The normalized spacial score (nSPS) is 48.7. The standard InChI is InChI=1S/C15H28O10/c1-5(2)13-12(22)14(9(19)7(4-17)23-13)25-15-11(21)10(20)8(18)6(3-16)24-15/h5-22H,3-4H2,1-2H3/t6?,7?,8-,9-,10-,11?,12?,13-,14-,15-/m0/s1. The summed E-state index contributed by atoms with van der Waals surface area (Å²) in [6.07, 6.45) is -13.3. The molecule has 0 aromatic heterocycles. The van der Waals surface area contributed by atoms with Crippen molar-refractivity contribution in [2.45, 2.75) is 75.1 Å². The molecule has 10 nitrogen and oxygen atoms in total. The third-order valence-electron chi connectivity index (χ3n) is 4.70. The van der Waals surface area contributed by atoms with Crippen molar-refractivity contribution in [1.82, 2.24) is 0 Å². The molecule has 2 aliphatic heterocycles. The molecule has 25 heavy (non-hydrogen) atoms. The summed E-state index contributed by atoms with van der Waals surface area (Å²) >= 11 is 0. The predicted molar refractivity (Wildman–Crippen MR) is 81.2 cm³/mol. The molecule has 0 aliphatic carbocycles. The molecule has 2 fully saturated rings. The highest BCUT2D eigenvalue weighted by atomic mass is 16.7. The van der Waals surface area contributed by atoms with Crippen LogP contribution in [0.25, 0.3) is 0 Å². The zero-order valence-corrected chi connectivity index (χ0v) is 14.1. The van der Waals surface area contributed by atoms with Gasteiger partial charge >= 0.3 is 0 Å². The summed E-state index contributed by atoms with van der Waals surface area (Å²) in [6, 6.07) is 0. The first-order chi connectivity index (χ1) is 11.7. The van der Waals surface area contributed by atoms with Gasteiger partial charge in [0, 0.05) is 0 Å². The van der Waals surface area contributed by atoms with Crippen molar-refractivity contribution in [1.29, 1.82) is 0 Å². The Balaban J connectivity index is 2.17. The van der Waals surface area contributed by atoms with E-state index in [0.717, 1.165) is 0 Å². The van der Waals surface area contributed by atoms with Gasteiger partial charge in [-0.1, -0.05) is 13.8 Å². The molecule has 10 heteroatoms. The first-order valence-electron chi connectivity index (χ1n) is 8.31. The molecule has 4 unspecified atom stereocenters. The third-order valence-corrected chi connectivity index (χ3v) is 4.70. The van der Waals surface area contributed by atoms with Gasteiger partial charge in [-0.2, -0.15) is 0 Å². The van der Waals surface area contributed by atoms with E-state index in [4.69, 9.17) is 14.2 Å². The van der Waals surface area contributed by atoms with E-state index < -0.39 is 74.4 Å². The lowest BCUT2D eigenvalue weighted by atomic mass is 9.89. The fraction of sp³-hybridized carbons (Fsp3) is 1.00. The van der Waals surface area contributed by atoms with Crippen LogP contribution in [0.5, 0.6) is 0 Å². The predicted octanol–water partition coefficient (Wildman–Crippen LogP) is -3.69. The molecule has 0 aromatic carbocycles.